The van der Waals surface area contributed by atoms with Crippen molar-refractivity contribution < 1.29 is 9.85 Å². The van der Waals surface area contributed by atoms with Gasteiger partial charge in [0.15, 0.2) is 0 Å². The molecule has 0 aliphatic carbocycles. The quantitative estimate of drug-likeness (QED) is 0.343. The van der Waals surface area contributed by atoms with E-state index in [0.717, 1.165) is 12.4 Å². The van der Waals surface area contributed by atoms with Crippen molar-refractivity contribution in [1.82, 2.24) is 19.9 Å². The molecule has 2 rings (SSSR count). The van der Waals surface area contributed by atoms with Crippen LogP contribution in [0.4, 0.5) is 11.4 Å². The summed E-state index contributed by atoms with van der Waals surface area (Å²) in [5.41, 5.74) is -2.79. The zero-order chi connectivity index (χ0) is 16.9. The molecule has 2 heterocycles. The zero-order valence-corrected chi connectivity index (χ0v) is 11.7. The van der Waals surface area contributed by atoms with Crippen molar-refractivity contribution in [3.05, 3.63) is 63.9 Å². The Morgan fingerprint density at radius 3 is 2.14 bits per heavy atom. The van der Waals surface area contributed by atoms with E-state index < -0.39 is 26.8 Å². The number of hydrogen-bond donors (Lipinski definition) is 2. The summed E-state index contributed by atoms with van der Waals surface area (Å²) >= 11 is 10.6. The van der Waals surface area contributed by atoms with Crippen molar-refractivity contribution in [2.24, 2.45) is 0 Å². The highest BCUT2D eigenvalue weighted by Crippen LogP contribution is 2.20. The number of aromatic nitrogens is 4. The van der Waals surface area contributed by atoms with E-state index in [0.29, 0.717) is 0 Å². The molecule has 0 saturated heterocycles. The van der Waals surface area contributed by atoms with E-state index >= 15 is 0 Å². The highest BCUT2D eigenvalue weighted by atomic mass is 35.5. The molecule has 0 atom stereocenters. The summed E-state index contributed by atoms with van der Waals surface area (Å²) in [5, 5.41) is 19.8. The van der Waals surface area contributed by atoms with Gasteiger partial charge in [0, 0.05) is 0 Å². The van der Waals surface area contributed by atoms with E-state index in [2.05, 4.69) is 9.97 Å². The van der Waals surface area contributed by atoms with Crippen molar-refractivity contribution in [3.8, 4) is 0 Å². The highest BCUT2D eigenvalue weighted by molar-refractivity contribution is 6.33. The number of hydrogen-bond acceptors (Lipinski definition) is 8. The number of halogens is 2. The smallest absolute Gasteiger partial charge is 0.307 e. The minimum Gasteiger partial charge on any atom is -0.307 e. The number of nitro groups is 2. The van der Waals surface area contributed by atoms with Gasteiger partial charge < -0.3 is 4.98 Å². The van der Waals surface area contributed by atoms with Crippen LogP contribution in [-0.4, -0.2) is 29.8 Å². The van der Waals surface area contributed by atoms with Gasteiger partial charge in [0.2, 0.25) is 10.4 Å². The number of nitrogens with one attached hydrogen (secondary N) is 2. The molecule has 0 aromatic carbocycles. The summed E-state index contributed by atoms with van der Waals surface area (Å²) in [7, 11) is 0. The maximum Gasteiger partial charge on any atom is 0.349 e. The average molecular weight is 351 g/mol. The van der Waals surface area contributed by atoms with Gasteiger partial charge in [0.1, 0.15) is 6.20 Å². The first-order valence-electron chi connectivity index (χ1n) is 5.01. The van der Waals surface area contributed by atoms with Gasteiger partial charge in [-0.25, -0.2) is 9.78 Å². The lowest BCUT2D eigenvalue weighted by Gasteiger charge is -1.91. The summed E-state index contributed by atoms with van der Waals surface area (Å²) in [5.74, 6) is 0. The van der Waals surface area contributed by atoms with Gasteiger partial charge in [-0.1, -0.05) is 11.6 Å². The Labute approximate surface area is 129 Å². The van der Waals surface area contributed by atoms with Gasteiger partial charge in [-0.05, 0) is 11.6 Å². The molecule has 0 aliphatic rings. The maximum absolute atomic E-state index is 10.6. The van der Waals surface area contributed by atoms with E-state index in [-0.39, 0.29) is 16.1 Å². The molecule has 0 saturated carbocycles. The topological polar surface area (TPSA) is 178 Å². The van der Waals surface area contributed by atoms with Gasteiger partial charge in [-0.3, -0.25) is 30.0 Å². The van der Waals surface area contributed by atoms with Gasteiger partial charge in [-0.15, -0.1) is 0 Å². The number of aromatic amines is 2. The second-order valence-corrected chi connectivity index (χ2v) is 3.98. The third kappa shape index (κ3) is 4.60. The Bertz CT molecular complexity index is 832. The van der Waals surface area contributed by atoms with Crippen LogP contribution in [0, 0.1) is 20.2 Å². The van der Waals surface area contributed by atoms with Gasteiger partial charge in [0.05, 0.1) is 16.0 Å². The fourth-order valence-electron chi connectivity index (χ4n) is 0.996. The molecule has 116 valence electrons. The zero-order valence-electron chi connectivity index (χ0n) is 10.1. The second kappa shape index (κ2) is 7.24. The Morgan fingerprint density at radius 1 is 1.09 bits per heavy atom. The Hall–Kier alpha value is -2.86. The molecule has 2 aromatic rings. The lowest BCUT2D eigenvalue weighted by atomic mass is 10.5. The Balaban J connectivity index is 0.000000220. The molecule has 12 nitrogen and oxygen atoms in total. The summed E-state index contributed by atoms with van der Waals surface area (Å²) in [6, 6.07) is 0. The molecule has 0 spiro atoms. The summed E-state index contributed by atoms with van der Waals surface area (Å²) in [6.07, 6.45) is 1.71. The monoisotopic (exact) mass is 350 g/mol. The number of rotatable bonds is 2. The first-order valence-corrected chi connectivity index (χ1v) is 5.76. The molecule has 14 heteroatoms. The molecule has 2 aromatic heterocycles. The molecule has 0 amide bonds. The summed E-state index contributed by atoms with van der Waals surface area (Å²) in [4.78, 5) is 49.9. The van der Waals surface area contributed by atoms with Crippen molar-refractivity contribution in [2.75, 3.05) is 0 Å². The summed E-state index contributed by atoms with van der Waals surface area (Å²) in [6.45, 7) is 0. The van der Waals surface area contributed by atoms with Crippen LogP contribution in [0.5, 0.6) is 0 Å². The normalized spacial score (nSPS) is 9.55. The Morgan fingerprint density at radius 2 is 1.68 bits per heavy atom. The van der Waals surface area contributed by atoms with Crippen molar-refractivity contribution in [2.45, 2.75) is 0 Å². The predicted molar refractivity (Wildman–Crippen MR) is 73.0 cm³/mol. The first kappa shape index (κ1) is 17.2. The number of H-pyrrole nitrogens is 2. The van der Waals surface area contributed by atoms with Crippen LogP contribution in [0.25, 0.3) is 0 Å². The maximum atomic E-state index is 10.6. The first-order chi connectivity index (χ1) is 10.2. The standard InChI is InChI=1S/C4HCl2N3O2.C4H3N3O4/c5-3-2(9(10)11)1-7-4(6)8-3;8-3-2(7(10)11)1-5-4(9)6-3/h1H;1H,(H2,5,6,8,9). The van der Waals surface area contributed by atoms with Crippen LogP contribution in [0.2, 0.25) is 10.4 Å². The highest BCUT2D eigenvalue weighted by Gasteiger charge is 2.13. The number of nitrogens with zero attached hydrogens (tertiary/aromatic N) is 4. The van der Waals surface area contributed by atoms with Crippen LogP contribution < -0.4 is 11.2 Å². The minimum atomic E-state index is -1.00. The van der Waals surface area contributed by atoms with E-state index in [1.54, 1.807) is 4.98 Å². The van der Waals surface area contributed by atoms with Crippen LogP contribution in [0.1, 0.15) is 0 Å². The SMILES string of the molecule is O=[N+]([O-])c1cnc(Cl)nc1Cl.O=c1[nH]cc([N+](=O)[O-])c(=O)[nH]1. The van der Waals surface area contributed by atoms with Crippen LogP contribution >= 0.6 is 23.2 Å². The summed E-state index contributed by atoms with van der Waals surface area (Å²) < 4.78 is 0. The molecule has 0 radical (unpaired) electrons. The fourth-order valence-corrected chi connectivity index (χ4v) is 1.37. The fraction of sp³-hybridized carbons (Fsp3) is 0. The van der Waals surface area contributed by atoms with Crippen molar-refractivity contribution in [1.29, 1.82) is 0 Å². The Kier molecular flexibility index (Phi) is 5.65. The lowest BCUT2D eigenvalue weighted by molar-refractivity contribution is -0.386. The minimum absolute atomic E-state index is 0.111. The molecule has 2 N–H and O–H groups in total. The lowest BCUT2D eigenvalue weighted by Crippen LogP contribution is -2.23. The third-order valence-corrected chi connectivity index (χ3v) is 2.35. The van der Waals surface area contributed by atoms with Crippen LogP contribution in [0.15, 0.2) is 22.0 Å². The van der Waals surface area contributed by atoms with E-state index in [9.17, 15) is 29.8 Å². The van der Waals surface area contributed by atoms with Gasteiger partial charge in [-0.2, -0.15) is 4.98 Å². The second-order valence-electron chi connectivity index (χ2n) is 3.29. The predicted octanol–water partition coefficient (Wildman–Crippen LogP) is 0.663. The van der Waals surface area contributed by atoms with Gasteiger partial charge >= 0.3 is 22.6 Å². The molecule has 0 aliphatic heterocycles. The van der Waals surface area contributed by atoms with E-state index in [4.69, 9.17) is 23.2 Å². The van der Waals surface area contributed by atoms with E-state index in [1.165, 1.54) is 0 Å². The molecular formula is C8H4Cl2N6O6. The average Bonchev–Trinajstić information content (AvgIpc) is 2.38. The third-order valence-electron chi connectivity index (χ3n) is 1.89. The molecular weight excluding hydrogens is 347 g/mol. The molecule has 0 unspecified atom stereocenters. The van der Waals surface area contributed by atoms with Crippen molar-refractivity contribution >= 4 is 34.6 Å². The van der Waals surface area contributed by atoms with Gasteiger partial charge in [0.25, 0.3) is 0 Å². The molecule has 0 fully saturated rings. The van der Waals surface area contributed by atoms with Crippen LogP contribution in [-0.2, 0) is 0 Å². The van der Waals surface area contributed by atoms with Crippen molar-refractivity contribution in [3.63, 3.8) is 0 Å². The largest absolute Gasteiger partial charge is 0.349 e. The van der Waals surface area contributed by atoms with Crippen LogP contribution in [0.3, 0.4) is 0 Å². The molecule has 0 bridgehead atoms. The molecule has 22 heavy (non-hydrogen) atoms. The van der Waals surface area contributed by atoms with E-state index in [1.807, 2.05) is 4.98 Å².